The number of hydrogen-bond donors (Lipinski definition) is 2. The summed E-state index contributed by atoms with van der Waals surface area (Å²) in [5.41, 5.74) is 0.739. The van der Waals surface area contributed by atoms with Crippen molar-refractivity contribution in [2.45, 2.75) is 70.5 Å². The Morgan fingerprint density at radius 1 is 1.07 bits per heavy atom. The van der Waals surface area contributed by atoms with E-state index >= 15 is 0 Å². The zero-order valence-electron chi connectivity index (χ0n) is 24.4. The van der Waals surface area contributed by atoms with E-state index in [0.717, 1.165) is 0 Å². The van der Waals surface area contributed by atoms with Gasteiger partial charge >= 0.3 is 12.2 Å². The molecule has 42 heavy (non-hydrogen) atoms. The predicted octanol–water partition coefficient (Wildman–Crippen LogP) is 7.51. The van der Waals surface area contributed by atoms with Gasteiger partial charge in [-0.2, -0.15) is 0 Å². The first-order valence-electron chi connectivity index (χ1n) is 13.6. The maximum absolute atomic E-state index is 13.2. The molecule has 10 nitrogen and oxygen atoms in total. The van der Waals surface area contributed by atoms with E-state index in [1.807, 2.05) is 26.8 Å². The number of carbonyl (C=O) groups excluding carboxylic acids is 2. The average molecular weight is 634 g/mol. The largest absolute Gasteiger partial charge is 0.444 e. The van der Waals surface area contributed by atoms with Gasteiger partial charge in [-0.25, -0.2) is 19.6 Å². The quantitative estimate of drug-likeness (QED) is 0.178. The number of piperidine rings is 1. The molecule has 1 aromatic carbocycles. The van der Waals surface area contributed by atoms with Crippen LogP contribution in [-0.4, -0.2) is 65.2 Å². The first-order chi connectivity index (χ1) is 19.5. The predicted molar refractivity (Wildman–Crippen MR) is 168 cm³/mol. The normalized spacial score (nSPS) is 18.0. The molecule has 1 amide bonds. The Hall–Kier alpha value is -3.15. The van der Waals surface area contributed by atoms with E-state index < -0.39 is 28.3 Å². The zero-order valence-corrected chi connectivity index (χ0v) is 26.8. The molecular formula is C29H34Cl2N6O4S. The number of nitrogens with zero attached hydrogens (tertiary/aromatic N) is 5. The molecule has 1 aliphatic heterocycles. The number of thiol groups is 1. The molecule has 0 saturated carbocycles. The third-order valence-electron chi connectivity index (χ3n) is 6.57. The molecule has 0 bridgehead atoms. The Morgan fingerprint density at radius 2 is 1.76 bits per heavy atom. The lowest BCUT2D eigenvalue weighted by Gasteiger charge is -2.40. The molecule has 1 saturated heterocycles. The van der Waals surface area contributed by atoms with Crippen LogP contribution in [0.2, 0.25) is 10.2 Å². The topological polar surface area (TPSA) is 103 Å². The average Bonchev–Trinajstić information content (AvgIpc) is 3.49. The Kier molecular flexibility index (Phi) is 7.83. The van der Waals surface area contributed by atoms with Crippen molar-refractivity contribution in [3.63, 3.8) is 0 Å². The fourth-order valence-corrected chi connectivity index (χ4v) is 5.79. The van der Waals surface area contributed by atoms with Crippen LogP contribution in [0.25, 0.3) is 27.8 Å². The maximum atomic E-state index is 13.2. The number of carbonyl (C=O) groups is 2. The minimum absolute atomic E-state index is 0.286. The van der Waals surface area contributed by atoms with Gasteiger partial charge in [-0.05, 0) is 66.5 Å². The van der Waals surface area contributed by atoms with Gasteiger partial charge in [0.2, 0.25) is 0 Å². The van der Waals surface area contributed by atoms with Crippen LogP contribution in [0.15, 0.2) is 36.8 Å². The van der Waals surface area contributed by atoms with Crippen molar-refractivity contribution in [1.82, 2.24) is 23.8 Å². The summed E-state index contributed by atoms with van der Waals surface area (Å²) in [6.45, 7) is 11.8. The van der Waals surface area contributed by atoms with Crippen LogP contribution in [0, 0.1) is 0 Å². The molecule has 0 radical (unpaired) electrons. The lowest BCUT2D eigenvalue weighted by molar-refractivity contribution is 0.0195. The van der Waals surface area contributed by atoms with Gasteiger partial charge in [-0.3, -0.25) is 8.97 Å². The third kappa shape index (κ3) is 6.28. The van der Waals surface area contributed by atoms with E-state index in [0.29, 0.717) is 63.2 Å². The van der Waals surface area contributed by atoms with Crippen molar-refractivity contribution in [1.29, 1.82) is 0 Å². The highest BCUT2D eigenvalue weighted by molar-refractivity contribution is 7.82. The van der Waals surface area contributed by atoms with E-state index in [9.17, 15) is 9.59 Å². The number of likely N-dealkylation sites (tertiary alicyclic amines) is 1. The minimum atomic E-state index is -0.822. The molecule has 0 spiro atoms. The number of hydrogen-bond acceptors (Lipinski definition) is 8. The van der Waals surface area contributed by atoms with Gasteiger partial charge in [0.05, 0.1) is 16.9 Å². The summed E-state index contributed by atoms with van der Waals surface area (Å²) < 4.78 is 14.4. The number of anilines is 1. The SMILES string of the molecule is CC(C)(C)OC(=O)N1CCCC(S)(Nc2nc(-c3cn(C(=O)OC(C)(C)C)c4cc(Cl)ccc34)c(Cl)n3ccnc23)C1. The van der Waals surface area contributed by atoms with E-state index in [-0.39, 0.29) is 6.54 Å². The number of aromatic nitrogens is 4. The van der Waals surface area contributed by atoms with Gasteiger partial charge in [0, 0.05) is 41.1 Å². The highest BCUT2D eigenvalue weighted by Crippen LogP contribution is 2.38. The lowest BCUT2D eigenvalue weighted by atomic mass is 10.1. The van der Waals surface area contributed by atoms with Gasteiger partial charge in [0.15, 0.2) is 11.5 Å². The van der Waals surface area contributed by atoms with Crippen LogP contribution in [0.4, 0.5) is 15.4 Å². The molecule has 1 fully saturated rings. The fraction of sp³-hybridized carbons (Fsp3) is 0.448. The number of nitrogens with one attached hydrogen (secondary N) is 1. The summed E-state index contributed by atoms with van der Waals surface area (Å²) in [5.74, 6) is 0.424. The summed E-state index contributed by atoms with van der Waals surface area (Å²) in [7, 11) is 0. The lowest BCUT2D eigenvalue weighted by Crippen LogP contribution is -2.52. The van der Waals surface area contributed by atoms with Crippen molar-refractivity contribution in [2.24, 2.45) is 0 Å². The Bertz CT molecular complexity index is 1690. The molecule has 1 unspecified atom stereocenters. The maximum Gasteiger partial charge on any atom is 0.419 e. The molecule has 4 heterocycles. The molecule has 224 valence electrons. The van der Waals surface area contributed by atoms with E-state index in [2.05, 4.69) is 10.3 Å². The molecular weight excluding hydrogens is 599 g/mol. The monoisotopic (exact) mass is 632 g/mol. The van der Waals surface area contributed by atoms with Crippen LogP contribution in [0.3, 0.4) is 0 Å². The van der Waals surface area contributed by atoms with Crippen LogP contribution in [0.5, 0.6) is 0 Å². The second-order valence-corrected chi connectivity index (χ2v) is 14.1. The van der Waals surface area contributed by atoms with E-state index in [4.69, 9.17) is 50.3 Å². The molecule has 3 aromatic heterocycles. The molecule has 1 atom stereocenters. The number of fused-ring (bicyclic) bond motifs is 2. The van der Waals surface area contributed by atoms with Crippen molar-refractivity contribution >= 4 is 70.4 Å². The van der Waals surface area contributed by atoms with E-state index in [1.54, 1.807) is 60.8 Å². The van der Waals surface area contributed by atoms with Crippen molar-refractivity contribution in [2.75, 3.05) is 18.4 Å². The number of rotatable bonds is 3. The summed E-state index contributed by atoms with van der Waals surface area (Å²) >= 11 is 18.2. The zero-order chi connectivity index (χ0) is 30.6. The highest BCUT2D eigenvalue weighted by atomic mass is 35.5. The molecule has 1 aliphatic rings. The Morgan fingerprint density at radius 3 is 2.45 bits per heavy atom. The molecule has 5 rings (SSSR count). The number of ether oxygens (including phenoxy) is 2. The van der Waals surface area contributed by atoms with Crippen LogP contribution in [0.1, 0.15) is 54.4 Å². The Labute approximate surface area is 259 Å². The second-order valence-electron chi connectivity index (χ2n) is 12.4. The molecule has 0 aliphatic carbocycles. The van der Waals surface area contributed by atoms with Crippen LogP contribution in [-0.2, 0) is 9.47 Å². The first kappa shape index (κ1) is 30.3. The third-order valence-corrected chi connectivity index (χ3v) is 7.64. The smallest absolute Gasteiger partial charge is 0.419 e. The summed E-state index contributed by atoms with van der Waals surface area (Å²) in [6.07, 6.45) is 5.43. The van der Waals surface area contributed by atoms with Crippen LogP contribution >= 0.6 is 35.8 Å². The number of amides is 1. The fourth-order valence-electron chi connectivity index (χ4n) is 4.91. The highest BCUT2D eigenvalue weighted by Gasteiger charge is 2.37. The van der Waals surface area contributed by atoms with E-state index in [1.165, 1.54) is 4.57 Å². The second kappa shape index (κ2) is 10.8. The number of halogens is 2. The summed E-state index contributed by atoms with van der Waals surface area (Å²) in [6, 6.07) is 5.26. The number of benzene rings is 1. The Balaban J connectivity index is 1.58. The van der Waals surface area contributed by atoms with Crippen LogP contribution < -0.4 is 5.32 Å². The van der Waals surface area contributed by atoms with Gasteiger partial charge in [0.1, 0.15) is 22.0 Å². The van der Waals surface area contributed by atoms with Gasteiger partial charge in [-0.1, -0.05) is 29.3 Å². The first-order valence-corrected chi connectivity index (χ1v) is 14.8. The molecule has 13 heteroatoms. The molecule has 4 aromatic rings. The van der Waals surface area contributed by atoms with Gasteiger partial charge in [-0.15, -0.1) is 12.6 Å². The molecule has 1 N–H and O–H groups in total. The van der Waals surface area contributed by atoms with Crippen molar-refractivity contribution in [3.8, 4) is 11.3 Å². The summed E-state index contributed by atoms with van der Waals surface area (Å²) in [5, 5.41) is 4.91. The number of imidazole rings is 1. The van der Waals surface area contributed by atoms with Gasteiger partial charge in [0.25, 0.3) is 0 Å². The standard InChI is InChI=1S/C29H34Cl2N6O4S/c1-27(2,3)40-25(38)35-12-7-10-29(42,16-35)34-23-24-32-11-13-36(24)22(31)21(33-23)19-15-37(26(39)41-28(4,5)6)20-14-17(30)8-9-18(19)20/h8-9,11,13-15,42H,7,10,12,16H2,1-6H3,(H,33,34). The van der Waals surface area contributed by atoms with Crippen molar-refractivity contribution < 1.29 is 19.1 Å². The van der Waals surface area contributed by atoms with Crippen molar-refractivity contribution in [3.05, 3.63) is 47.0 Å². The summed E-state index contributed by atoms with van der Waals surface area (Å²) in [4.78, 5) is 36.3. The van der Waals surface area contributed by atoms with Gasteiger partial charge < -0.3 is 19.7 Å². The minimum Gasteiger partial charge on any atom is -0.444 e.